The Labute approximate surface area is 157 Å². The highest BCUT2D eigenvalue weighted by molar-refractivity contribution is 9.10. The Morgan fingerprint density at radius 1 is 1.08 bits per heavy atom. The lowest BCUT2D eigenvalue weighted by Crippen LogP contribution is -2.17. The summed E-state index contributed by atoms with van der Waals surface area (Å²) in [6.45, 7) is 4.36. The molecule has 132 valence electrons. The molecule has 24 heavy (non-hydrogen) atoms. The number of aliphatic hydroxyl groups excluding tert-OH is 1. The molecule has 0 aliphatic heterocycles. The van der Waals surface area contributed by atoms with Gasteiger partial charge in [0.25, 0.3) is 0 Å². The molecule has 0 atom stereocenters. The van der Waals surface area contributed by atoms with Gasteiger partial charge in [-0.05, 0) is 46.1 Å². The second-order valence-corrected chi connectivity index (χ2v) is 5.87. The van der Waals surface area contributed by atoms with Gasteiger partial charge in [0, 0.05) is 13.1 Å². The largest absolute Gasteiger partial charge is 0.490 e. The van der Waals surface area contributed by atoms with Crippen LogP contribution in [0.4, 0.5) is 0 Å². The van der Waals surface area contributed by atoms with Gasteiger partial charge in [0.05, 0.1) is 17.7 Å². The fourth-order valence-corrected chi connectivity index (χ4v) is 2.77. The minimum absolute atomic E-state index is 0. The molecule has 4 nitrogen and oxygen atoms in total. The molecule has 2 rings (SSSR count). The van der Waals surface area contributed by atoms with Crippen molar-refractivity contribution in [3.8, 4) is 11.5 Å². The zero-order chi connectivity index (χ0) is 16.5. The van der Waals surface area contributed by atoms with Crippen LogP contribution < -0.4 is 14.8 Å². The molecule has 0 spiro atoms. The second-order valence-electron chi connectivity index (χ2n) is 5.01. The molecule has 2 N–H and O–H groups in total. The SMILES string of the molecule is CCOc1cc(CNCCO)cc(Br)c1OCc1ccccc1.Cl. The van der Waals surface area contributed by atoms with E-state index in [2.05, 4.69) is 21.2 Å². The van der Waals surface area contributed by atoms with E-state index in [-0.39, 0.29) is 19.0 Å². The Morgan fingerprint density at radius 2 is 1.83 bits per heavy atom. The summed E-state index contributed by atoms with van der Waals surface area (Å²) in [5.41, 5.74) is 2.18. The summed E-state index contributed by atoms with van der Waals surface area (Å²) >= 11 is 3.57. The van der Waals surface area contributed by atoms with E-state index >= 15 is 0 Å². The van der Waals surface area contributed by atoms with Crippen molar-refractivity contribution in [1.82, 2.24) is 5.32 Å². The van der Waals surface area contributed by atoms with Crippen molar-refractivity contribution in [3.63, 3.8) is 0 Å². The quantitative estimate of drug-likeness (QED) is 0.608. The van der Waals surface area contributed by atoms with Gasteiger partial charge < -0.3 is 19.9 Å². The lowest BCUT2D eigenvalue weighted by atomic mass is 10.2. The van der Waals surface area contributed by atoms with Gasteiger partial charge in [-0.1, -0.05) is 30.3 Å². The monoisotopic (exact) mass is 415 g/mol. The van der Waals surface area contributed by atoms with Crippen molar-refractivity contribution in [1.29, 1.82) is 0 Å². The first-order valence-electron chi connectivity index (χ1n) is 7.68. The van der Waals surface area contributed by atoms with Gasteiger partial charge in [0.15, 0.2) is 11.5 Å². The minimum Gasteiger partial charge on any atom is -0.490 e. The first kappa shape index (κ1) is 20.8. The number of rotatable bonds is 9. The zero-order valence-electron chi connectivity index (χ0n) is 13.6. The molecule has 0 heterocycles. The van der Waals surface area contributed by atoms with E-state index < -0.39 is 0 Å². The average molecular weight is 417 g/mol. The van der Waals surface area contributed by atoms with Crippen molar-refractivity contribution in [2.45, 2.75) is 20.1 Å². The molecule has 0 fully saturated rings. The van der Waals surface area contributed by atoms with Crippen LogP contribution >= 0.6 is 28.3 Å². The van der Waals surface area contributed by atoms with Crippen LogP contribution in [-0.4, -0.2) is 24.9 Å². The smallest absolute Gasteiger partial charge is 0.175 e. The zero-order valence-corrected chi connectivity index (χ0v) is 16.0. The second kappa shape index (κ2) is 11.3. The van der Waals surface area contributed by atoms with E-state index in [9.17, 15) is 0 Å². The minimum atomic E-state index is 0. The highest BCUT2D eigenvalue weighted by Gasteiger charge is 2.12. The summed E-state index contributed by atoms with van der Waals surface area (Å²) in [5, 5.41) is 12.0. The highest BCUT2D eigenvalue weighted by Crippen LogP contribution is 2.37. The first-order chi connectivity index (χ1) is 11.2. The number of aliphatic hydroxyl groups is 1. The Morgan fingerprint density at radius 3 is 2.50 bits per heavy atom. The van der Waals surface area contributed by atoms with E-state index in [1.807, 2.05) is 49.4 Å². The average Bonchev–Trinajstić information content (AvgIpc) is 2.55. The van der Waals surface area contributed by atoms with E-state index in [1.165, 1.54) is 0 Å². The number of hydrogen-bond donors (Lipinski definition) is 2. The molecule has 0 saturated carbocycles. The van der Waals surface area contributed by atoms with Gasteiger partial charge in [0.1, 0.15) is 6.61 Å². The van der Waals surface area contributed by atoms with Crippen molar-refractivity contribution in [3.05, 3.63) is 58.1 Å². The molecule has 6 heteroatoms. The summed E-state index contributed by atoms with van der Waals surface area (Å²) in [7, 11) is 0. The van der Waals surface area contributed by atoms with E-state index in [1.54, 1.807) is 0 Å². The molecular weight excluding hydrogens is 394 g/mol. The Hall–Kier alpha value is -1.27. The van der Waals surface area contributed by atoms with Gasteiger partial charge in [-0.15, -0.1) is 12.4 Å². The van der Waals surface area contributed by atoms with Crippen LogP contribution in [-0.2, 0) is 13.2 Å². The normalized spacial score (nSPS) is 10.1. The summed E-state index contributed by atoms with van der Waals surface area (Å²) in [6.07, 6.45) is 0. The molecule has 0 unspecified atom stereocenters. The summed E-state index contributed by atoms with van der Waals surface area (Å²) in [4.78, 5) is 0. The number of halogens is 2. The van der Waals surface area contributed by atoms with Crippen LogP contribution in [0.1, 0.15) is 18.1 Å². The van der Waals surface area contributed by atoms with Crippen molar-refractivity contribution >= 4 is 28.3 Å². The van der Waals surface area contributed by atoms with E-state index in [4.69, 9.17) is 14.6 Å². The van der Waals surface area contributed by atoms with Crippen LogP contribution in [0.2, 0.25) is 0 Å². The first-order valence-corrected chi connectivity index (χ1v) is 8.47. The third-order valence-corrected chi connectivity index (χ3v) is 3.80. The maximum absolute atomic E-state index is 8.84. The molecule has 0 bridgehead atoms. The van der Waals surface area contributed by atoms with Gasteiger partial charge in [-0.2, -0.15) is 0 Å². The fourth-order valence-electron chi connectivity index (χ4n) is 2.17. The molecule has 2 aromatic rings. The van der Waals surface area contributed by atoms with E-state index in [0.29, 0.717) is 32.1 Å². The number of ether oxygens (including phenoxy) is 2. The summed E-state index contributed by atoms with van der Waals surface area (Å²) < 4.78 is 12.5. The maximum atomic E-state index is 8.84. The third kappa shape index (κ3) is 6.32. The third-order valence-electron chi connectivity index (χ3n) is 3.21. The Balaban J connectivity index is 0.00000288. The van der Waals surface area contributed by atoms with Crippen molar-refractivity contribution in [2.75, 3.05) is 19.8 Å². The van der Waals surface area contributed by atoms with Crippen molar-refractivity contribution in [2.24, 2.45) is 0 Å². The molecule has 2 aromatic carbocycles. The van der Waals surface area contributed by atoms with Gasteiger partial charge in [-0.3, -0.25) is 0 Å². The Kier molecular flexibility index (Phi) is 9.79. The predicted octanol–water partition coefficient (Wildman–Crippen LogP) is 3.93. The predicted molar refractivity (Wildman–Crippen MR) is 102 cm³/mol. The molecular formula is C18H23BrClNO3. The van der Waals surface area contributed by atoms with Crippen LogP contribution in [0.25, 0.3) is 0 Å². The standard InChI is InChI=1S/C18H22BrNO3.ClH/c1-2-22-17-11-15(12-20-8-9-21)10-16(19)18(17)23-13-14-6-4-3-5-7-14;/h3-7,10-11,20-21H,2,8-9,12-13H2,1H3;1H. The number of hydrogen-bond acceptors (Lipinski definition) is 4. The van der Waals surface area contributed by atoms with Crippen LogP contribution in [0.5, 0.6) is 11.5 Å². The molecule has 0 radical (unpaired) electrons. The van der Waals surface area contributed by atoms with Gasteiger partial charge in [-0.25, -0.2) is 0 Å². The van der Waals surface area contributed by atoms with Crippen molar-refractivity contribution < 1.29 is 14.6 Å². The molecule has 0 aliphatic rings. The van der Waals surface area contributed by atoms with Crippen LogP contribution in [0.15, 0.2) is 46.9 Å². The maximum Gasteiger partial charge on any atom is 0.175 e. The van der Waals surface area contributed by atoms with Crippen LogP contribution in [0, 0.1) is 0 Å². The highest BCUT2D eigenvalue weighted by atomic mass is 79.9. The number of nitrogens with one attached hydrogen (secondary N) is 1. The molecule has 0 saturated heterocycles. The van der Waals surface area contributed by atoms with Gasteiger partial charge in [0.2, 0.25) is 0 Å². The van der Waals surface area contributed by atoms with Crippen LogP contribution in [0.3, 0.4) is 0 Å². The summed E-state index contributed by atoms with van der Waals surface area (Å²) in [6, 6.07) is 14.0. The molecule has 0 aliphatic carbocycles. The lowest BCUT2D eigenvalue weighted by Gasteiger charge is -2.16. The molecule has 0 aromatic heterocycles. The fraction of sp³-hybridized carbons (Fsp3) is 0.333. The summed E-state index contributed by atoms with van der Waals surface area (Å²) in [5.74, 6) is 1.43. The molecule has 0 amide bonds. The lowest BCUT2D eigenvalue weighted by molar-refractivity contribution is 0.267. The topological polar surface area (TPSA) is 50.7 Å². The number of benzene rings is 2. The Bertz CT molecular complexity index is 611. The van der Waals surface area contributed by atoms with E-state index in [0.717, 1.165) is 21.3 Å². The van der Waals surface area contributed by atoms with Gasteiger partial charge >= 0.3 is 0 Å².